The summed E-state index contributed by atoms with van der Waals surface area (Å²) in [5, 5.41) is 9.13. The van der Waals surface area contributed by atoms with Crippen molar-refractivity contribution in [2.75, 3.05) is 18.0 Å². The van der Waals surface area contributed by atoms with E-state index in [1.54, 1.807) is 11.2 Å². The Balaban J connectivity index is 1.49. The van der Waals surface area contributed by atoms with Crippen LogP contribution in [0.4, 0.5) is 5.69 Å². The van der Waals surface area contributed by atoms with Crippen LogP contribution in [0.1, 0.15) is 41.4 Å². The van der Waals surface area contributed by atoms with Gasteiger partial charge in [-0.15, -0.1) is 0 Å². The molecule has 27 heavy (non-hydrogen) atoms. The van der Waals surface area contributed by atoms with Crippen molar-refractivity contribution < 1.29 is 19.1 Å². The monoisotopic (exact) mass is 368 g/mol. The van der Waals surface area contributed by atoms with Gasteiger partial charge in [-0.05, 0) is 43.9 Å². The van der Waals surface area contributed by atoms with Gasteiger partial charge in [0.1, 0.15) is 0 Å². The predicted octanol–water partition coefficient (Wildman–Crippen LogP) is 3.17. The first kappa shape index (κ1) is 17.6. The summed E-state index contributed by atoms with van der Waals surface area (Å²) in [4.78, 5) is 28.1. The number of para-hydroxylation sites is 1. The van der Waals surface area contributed by atoms with Crippen LogP contribution in [-0.2, 0) is 17.8 Å². The number of nitrogens with zero attached hydrogens (tertiary/aromatic N) is 2. The van der Waals surface area contributed by atoms with E-state index in [1.165, 1.54) is 11.3 Å². The first-order valence-electron chi connectivity index (χ1n) is 9.47. The number of benzene rings is 1. The fourth-order valence-electron chi connectivity index (χ4n) is 4.18. The van der Waals surface area contributed by atoms with Gasteiger partial charge in [0.2, 0.25) is 0 Å². The van der Waals surface area contributed by atoms with Crippen molar-refractivity contribution >= 4 is 17.6 Å². The predicted molar refractivity (Wildman–Crippen MR) is 101 cm³/mol. The molecule has 0 saturated carbocycles. The molecule has 1 N–H and O–H groups in total. The number of fused-ring (bicyclic) bond motifs is 1. The van der Waals surface area contributed by atoms with E-state index in [1.807, 2.05) is 12.1 Å². The van der Waals surface area contributed by atoms with Crippen LogP contribution in [0.15, 0.2) is 41.0 Å². The first-order chi connectivity index (χ1) is 13.0. The molecule has 3 heterocycles. The standard InChI is InChI=1S/C21H24N2O4/c1-14-12-16-4-2-3-5-18(16)23(14)13-17-8-11-27-19(17)20(24)22-9-6-15(7-10-22)21(25)26/h2-5,8,11,14-15H,6-7,9-10,12-13H2,1H3,(H,25,26)/t14-/m0/s1. The maximum Gasteiger partial charge on any atom is 0.306 e. The normalized spacial score (nSPS) is 20.0. The number of amides is 1. The average Bonchev–Trinajstić information content (AvgIpc) is 3.26. The van der Waals surface area contributed by atoms with E-state index in [0.29, 0.717) is 44.3 Å². The highest BCUT2D eigenvalue weighted by molar-refractivity contribution is 5.93. The number of likely N-dealkylation sites (tertiary alicyclic amines) is 1. The van der Waals surface area contributed by atoms with Gasteiger partial charge in [-0.1, -0.05) is 18.2 Å². The van der Waals surface area contributed by atoms with Crippen molar-refractivity contribution in [2.24, 2.45) is 5.92 Å². The fraction of sp³-hybridized carbons (Fsp3) is 0.429. The number of hydrogen-bond acceptors (Lipinski definition) is 4. The van der Waals surface area contributed by atoms with E-state index >= 15 is 0 Å². The highest BCUT2D eigenvalue weighted by Gasteiger charge is 2.31. The van der Waals surface area contributed by atoms with Crippen LogP contribution in [-0.4, -0.2) is 41.0 Å². The summed E-state index contributed by atoms with van der Waals surface area (Å²) < 4.78 is 5.55. The fourth-order valence-corrected chi connectivity index (χ4v) is 4.18. The Morgan fingerprint density at radius 3 is 2.67 bits per heavy atom. The molecule has 0 bridgehead atoms. The molecule has 6 nitrogen and oxygen atoms in total. The second kappa shape index (κ2) is 7.10. The lowest BCUT2D eigenvalue weighted by Crippen LogP contribution is -2.40. The number of hydrogen-bond donors (Lipinski definition) is 1. The molecule has 1 fully saturated rings. The lowest BCUT2D eigenvalue weighted by atomic mass is 9.97. The molecule has 2 aliphatic rings. The third-order valence-corrected chi connectivity index (χ3v) is 5.76. The molecule has 0 spiro atoms. The van der Waals surface area contributed by atoms with Crippen LogP contribution in [0.2, 0.25) is 0 Å². The number of furan rings is 1. The van der Waals surface area contributed by atoms with E-state index < -0.39 is 5.97 Å². The largest absolute Gasteiger partial charge is 0.481 e. The van der Waals surface area contributed by atoms with Crippen LogP contribution < -0.4 is 4.90 Å². The number of anilines is 1. The topological polar surface area (TPSA) is 74.0 Å². The molecule has 142 valence electrons. The van der Waals surface area contributed by atoms with Gasteiger partial charge >= 0.3 is 5.97 Å². The third kappa shape index (κ3) is 3.31. The van der Waals surface area contributed by atoms with Crippen molar-refractivity contribution in [3.05, 3.63) is 53.5 Å². The van der Waals surface area contributed by atoms with Gasteiger partial charge in [0.25, 0.3) is 5.91 Å². The highest BCUT2D eigenvalue weighted by Crippen LogP contribution is 2.34. The summed E-state index contributed by atoms with van der Waals surface area (Å²) in [6.07, 6.45) is 3.56. The van der Waals surface area contributed by atoms with Crippen molar-refractivity contribution in [2.45, 2.75) is 38.8 Å². The molecule has 1 amide bonds. The lowest BCUT2D eigenvalue weighted by molar-refractivity contribution is -0.143. The lowest BCUT2D eigenvalue weighted by Gasteiger charge is -2.30. The van der Waals surface area contributed by atoms with Crippen molar-refractivity contribution in [3.8, 4) is 0 Å². The van der Waals surface area contributed by atoms with Gasteiger partial charge in [0.15, 0.2) is 5.76 Å². The summed E-state index contributed by atoms with van der Waals surface area (Å²) >= 11 is 0. The Labute approximate surface area is 158 Å². The number of carbonyl (C=O) groups is 2. The summed E-state index contributed by atoms with van der Waals surface area (Å²) in [6.45, 7) is 3.73. The average molecular weight is 368 g/mol. The molecular weight excluding hydrogens is 344 g/mol. The Morgan fingerprint density at radius 2 is 1.93 bits per heavy atom. The molecule has 0 aliphatic carbocycles. The van der Waals surface area contributed by atoms with Crippen LogP contribution in [0.25, 0.3) is 0 Å². The molecular formula is C21H24N2O4. The zero-order valence-corrected chi connectivity index (χ0v) is 15.4. The quantitative estimate of drug-likeness (QED) is 0.897. The number of rotatable bonds is 4. The van der Waals surface area contributed by atoms with Gasteiger partial charge < -0.3 is 19.3 Å². The third-order valence-electron chi connectivity index (χ3n) is 5.76. The molecule has 4 rings (SSSR count). The number of carboxylic acids is 1. The summed E-state index contributed by atoms with van der Waals surface area (Å²) in [5.74, 6) is -0.895. The van der Waals surface area contributed by atoms with Crippen LogP contribution in [0.3, 0.4) is 0 Å². The summed E-state index contributed by atoms with van der Waals surface area (Å²) in [7, 11) is 0. The molecule has 2 aromatic rings. The first-order valence-corrected chi connectivity index (χ1v) is 9.47. The van der Waals surface area contributed by atoms with Crippen molar-refractivity contribution in [3.63, 3.8) is 0 Å². The minimum atomic E-state index is -0.775. The second-order valence-corrected chi connectivity index (χ2v) is 7.49. The zero-order valence-electron chi connectivity index (χ0n) is 15.4. The molecule has 0 unspecified atom stereocenters. The van der Waals surface area contributed by atoms with E-state index in [2.05, 4.69) is 30.0 Å². The van der Waals surface area contributed by atoms with Gasteiger partial charge in [-0.2, -0.15) is 0 Å². The van der Waals surface area contributed by atoms with Crippen LogP contribution >= 0.6 is 0 Å². The van der Waals surface area contributed by atoms with E-state index in [-0.39, 0.29) is 11.8 Å². The van der Waals surface area contributed by atoms with E-state index in [0.717, 1.165) is 12.0 Å². The molecule has 1 aromatic carbocycles. The minimum Gasteiger partial charge on any atom is -0.481 e. The van der Waals surface area contributed by atoms with E-state index in [9.17, 15) is 9.59 Å². The maximum absolute atomic E-state index is 12.9. The highest BCUT2D eigenvalue weighted by atomic mass is 16.4. The van der Waals surface area contributed by atoms with Crippen LogP contribution in [0, 0.1) is 5.92 Å². The van der Waals surface area contributed by atoms with Crippen molar-refractivity contribution in [1.29, 1.82) is 0 Å². The van der Waals surface area contributed by atoms with Gasteiger partial charge in [-0.25, -0.2) is 0 Å². The molecule has 1 aromatic heterocycles. The Hall–Kier alpha value is -2.76. The summed E-state index contributed by atoms with van der Waals surface area (Å²) in [5.41, 5.74) is 3.42. The van der Waals surface area contributed by atoms with Gasteiger partial charge in [0.05, 0.1) is 12.2 Å². The number of carboxylic acid groups (broad SMARTS) is 1. The van der Waals surface area contributed by atoms with Gasteiger partial charge in [0, 0.05) is 36.9 Å². The molecule has 6 heteroatoms. The van der Waals surface area contributed by atoms with E-state index in [4.69, 9.17) is 9.52 Å². The van der Waals surface area contributed by atoms with Crippen molar-refractivity contribution in [1.82, 2.24) is 4.90 Å². The number of aliphatic carboxylic acids is 1. The Morgan fingerprint density at radius 1 is 1.19 bits per heavy atom. The van der Waals surface area contributed by atoms with Crippen LogP contribution in [0.5, 0.6) is 0 Å². The second-order valence-electron chi connectivity index (χ2n) is 7.49. The Bertz CT molecular complexity index is 851. The Kier molecular flexibility index (Phi) is 4.64. The number of piperidine rings is 1. The molecule has 2 aliphatic heterocycles. The smallest absolute Gasteiger partial charge is 0.306 e. The summed E-state index contributed by atoms with van der Waals surface area (Å²) in [6, 6.07) is 10.6. The number of carbonyl (C=O) groups excluding carboxylic acids is 1. The molecule has 1 atom stereocenters. The zero-order chi connectivity index (χ0) is 19.0. The molecule has 1 saturated heterocycles. The minimum absolute atomic E-state index is 0.140. The SMILES string of the molecule is C[C@H]1Cc2ccccc2N1Cc1ccoc1C(=O)N1CCC(C(=O)O)CC1. The molecule has 0 radical (unpaired) electrons. The van der Waals surface area contributed by atoms with Gasteiger partial charge in [-0.3, -0.25) is 9.59 Å². The maximum atomic E-state index is 12.9.